The first kappa shape index (κ1) is 16.6. The molecule has 0 aromatic carbocycles. The number of hydrogen-bond donors (Lipinski definition) is 0. The van der Waals surface area contributed by atoms with Crippen LogP contribution in [0.4, 0.5) is 0 Å². The van der Waals surface area contributed by atoms with E-state index in [1.807, 2.05) is 7.05 Å². The summed E-state index contributed by atoms with van der Waals surface area (Å²) in [6.45, 7) is 4.81. The predicted octanol–water partition coefficient (Wildman–Crippen LogP) is 2.19. The molecule has 3 nitrogen and oxygen atoms in total. The normalized spacial score (nSPS) is 20.2. The lowest BCUT2D eigenvalue weighted by Crippen LogP contribution is -2.50. The summed E-state index contributed by atoms with van der Waals surface area (Å²) in [4.78, 5) is 15.8. The van der Waals surface area contributed by atoms with Crippen molar-refractivity contribution in [1.82, 2.24) is 9.80 Å². The average molecular weight is 310 g/mol. The number of likely N-dealkylation sites (N-methyl/N-ethyl adjacent to an activating group) is 1. The average Bonchev–Trinajstić information content (AvgIpc) is 2.15. The van der Waals surface area contributed by atoms with Crippen LogP contribution in [0.1, 0.15) is 6.92 Å². The molecule has 1 amide bonds. The molecule has 0 aromatic rings. The van der Waals surface area contributed by atoms with E-state index in [-0.39, 0.29) is 18.3 Å². The molecule has 1 atom stereocenters. The van der Waals surface area contributed by atoms with Crippen LogP contribution in [0.15, 0.2) is 0 Å². The van der Waals surface area contributed by atoms with Crippen LogP contribution in [0.3, 0.4) is 0 Å². The second-order valence-corrected chi connectivity index (χ2v) is 6.26. The molecule has 0 bridgehead atoms. The third kappa shape index (κ3) is 4.46. The lowest BCUT2D eigenvalue weighted by molar-refractivity contribution is -0.136. The van der Waals surface area contributed by atoms with Crippen LogP contribution in [0.25, 0.3) is 0 Å². The van der Waals surface area contributed by atoms with E-state index in [9.17, 15) is 4.79 Å². The first-order valence-corrected chi connectivity index (χ1v) is 6.00. The largest absolute Gasteiger partial charge is 0.340 e. The molecule has 1 unspecified atom stereocenters. The maximum atomic E-state index is 11.9. The van der Waals surface area contributed by atoms with Gasteiger partial charge in [-0.05, 0) is 14.0 Å². The number of carbonyl (C=O) groups is 1. The van der Waals surface area contributed by atoms with E-state index < -0.39 is 9.71 Å². The SMILES string of the molecule is CC(C(=O)N1CCN(C)CC1)C(Cl)(Cl)Cl.Cl. The Morgan fingerprint density at radius 3 is 2.00 bits per heavy atom. The lowest BCUT2D eigenvalue weighted by Gasteiger charge is -2.35. The molecule has 0 N–H and O–H groups in total. The molecule has 96 valence electrons. The van der Waals surface area contributed by atoms with Crippen molar-refractivity contribution >= 4 is 53.1 Å². The van der Waals surface area contributed by atoms with Gasteiger partial charge < -0.3 is 9.80 Å². The smallest absolute Gasteiger partial charge is 0.229 e. The number of rotatable bonds is 1. The number of nitrogens with zero attached hydrogens (tertiary/aromatic N) is 2. The number of alkyl halides is 3. The number of piperazine rings is 1. The van der Waals surface area contributed by atoms with Crippen molar-refractivity contribution in [1.29, 1.82) is 0 Å². The van der Waals surface area contributed by atoms with Crippen LogP contribution < -0.4 is 0 Å². The van der Waals surface area contributed by atoms with Crippen LogP contribution in [-0.2, 0) is 4.79 Å². The molecule has 1 aliphatic heterocycles. The molecule has 0 aromatic heterocycles. The molecule has 0 saturated carbocycles. The minimum absolute atomic E-state index is 0. The molecule has 1 rings (SSSR count). The second-order valence-electron chi connectivity index (χ2n) is 3.89. The Morgan fingerprint density at radius 2 is 1.62 bits per heavy atom. The van der Waals surface area contributed by atoms with Gasteiger partial charge in [0.05, 0.1) is 5.92 Å². The number of carbonyl (C=O) groups excluding carboxylic acids is 1. The van der Waals surface area contributed by atoms with E-state index in [0.29, 0.717) is 13.1 Å². The maximum absolute atomic E-state index is 11.9. The molecule has 0 aliphatic carbocycles. The van der Waals surface area contributed by atoms with Gasteiger partial charge >= 0.3 is 0 Å². The van der Waals surface area contributed by atoms with Crippen LogP contribution in [0.2, 0.25) is 0 Å². The highest BCUT2D eigenvalue weighted by Gasteiger charge is 2.37. The third-order valence-corrected chi connectivity index (χ3v) is 3.66. The van der Waals surface area contributed by atoms with E-state index in [1.54, 1.807) is 11.8 Å². The molecule has 0 spiro atoms. The standard InChI is InChI=1S/C9H15Cl3N2O.ClH/c1-7(9(10,11)12)8(15)14-5-3-13(2)4-6-14;/h7H,3-6H2,1-2H3;1H. The minimum atomic E-state index is -1.51. The van der Waals surface area contributed by atoms with Gasteiger partial charge in [0.1, 0.15) is 0 Å². The third-order valence-electron chi connectivity index (χ3n) is 2.68. The van der Waals surface area contributed by atoms with Gasteiger partial charge in [-0.15, -0.1) is 12.4 Å². The Morgan fingerprint density at radius 1 is 1.19 bits per heavy atom. The van der Waals surface area contributed by atoms with Crippen molar-refractivity contribution in [3.05, 3.63) is 0 Å². The van der Waals surface area contributed by atoms with Crippen molar-refractivity contribution < 1.29 is 4.79 Å². The van der Waals surface area contributed by atoms with Crippen molar-refractivity contribution in [2.75, 3.05) is 33.2 Å². The van der Waals surface area contributed by atoms with Gasteiger partial charge in [-0.3, -0.25) is 4.79 Å². The Balaban J connectivity index is 0.00000225. The zero-order chi connectivity index (χ0) is 11.6. The summed E-state index contributed by atoms with van der Waals surface area (Å²) in [5, 5.41) is 0. The zero-order valence-corrected chi connectivity index (χ0v) is 12.3. The van der Waals surface area contributed by atoms with Gasteiger partial charge in [-0.25, -0.2) is 0 Å². The van der Waals surface area contributed by atoms with Crippen molar-refractivity contribution in [3.63, 3.8) is 0 Å². The summed E-state index contributed by atoms with van der Waals surface area (Å²) in [5.41, 5.74) is 0. The van der Waals surface area contributed by atoms with E-state index in [2.05, 4.69) is 4.90 Å². The molecule has 0 radical (unpaired) electrons. The summed E-state index contributed by atoms with van der Waals surface area (Å²) in [6, 6.07) is 0. The lowest BCUT2D eigenvalue weighted by atomic mass is 10.1. The van der Waals surface area contributed by atoms with Crippen molar-refractivity contribution in [2.24, 2.45) is 5.92 Å². The Hall–Kier alpha value is 0.590. The summed E-state index contributed by atoms with van der Waals surface area (Å²) >= 11 is 17.1. The van der Waals surface area contributed by atoms with E-state index in [0.717, 1.165) is 13.1 Å². The highest BCUT2D eigenvalue weighted by molar-refractivity contribution is 6.68. The second kappa shape index (κ2) is 6.50. The number of amides is 1. The van der Waals surface area contributed by atoms with Gasteiger partial charge in [0.15, 0.2) is 0 Å². The van der Waals surface area contributed by atoms with Crippen LogP contribution in [-0.4, -0.2) is 52.7 Å². The van der Waals surface area contributed by atoms with Gasteiger partial charge in [-0.2, -0.15) is 0 Å². The molecule has 1 heterocycles. The summed E-state index contributed by atoms with van der Waals surface area (Å²) in [5.74, 6) is -0.672. The van der Waals surface area contributed by atoms with E-state index in [1.165, 1.54) is 0 Å². The van der Waals surface area contributed by atoms with Gasteiger partial charge in [0, 0.05) is 26.2 Å². The fourth-order valence-corrected chi connectivity index (χ4v) is 1.72. The summed E-state index contributed by atoms with van der Waals surface area (Å²) in [7, 11) is 2.03. The van der Waals surface area contributed by atoms with Gasteiger partial charge in [0.25, 0.3) is 0 Å². The predicted molar refractivity (Wildman–Crippen MR) is 70.8 cm³/mol. The van der Waals surface area contributed by atoms with Crippen molar-refractivity contribution in [2.45, 2.75) is 10.7 Å². The monoisotopic (exact) mass is 308 g/mol. The van der Waals surface area contributed by atoms with Crippen LogP contribution in [0.5, 0.6) is 0 Å². The van der Waals surface area contributed by atoms with Crippen molar-refractivity contribution in [3.8, 4) is 0 Å². The topological polar surface area (TPSA) is 23.6 Å². The zero-order valence-electron chi connectivity index (χ0n) is 9.25. The molecular formula is C9H16Cl4N2O. The summed E-state index contributed by atoms with van der Waals surface area (Å²) < 4.78 is -1.51. The number of halogens is 4. The fourth-order valence-electron chi connectivity index (χ4n) is 1.44. The summed E-state index contributed by atoms with van der Waals surface area (Å²) in [6.07, 6.45) is 0. The minimum Gasteiger partial charge on any atom is -0.340 e. The first-order valence-electron chi connectivity index (χ1n) is 4.86. The maximum Gasteiger partial charge on any atom is 0.229 e. The van der Waals surface area contributed by atoms with E-state index in [4.69, 9.17) is 34.8 Å². The number of hydrogen-bond acceptors (Lipinski definition) is 2. The Kier molecular flexibility index (Phi) is 6.74. The van der Waals surface area contributed by atoms with Gasteiger partial charge in [-0.1, -0.05) is 34.8 Å². The molecule has 7 heteroatoms. The molecule has 16 heavy (non-hydrogen) atoms. The molecule has 1 fully saturated rings. The molecule has 1 aliphatic rings. The Labute approximate surface area is 117 Å². The fraction of sp³-hybridized carbons (Fsp3) is 0.889. The highest BCUT2D eigenvalue weighted by Crippen LogP contribution is 2.35. The van der Waals surface area contributed by atoms with E-state index >= 15 is 0 Å². The quantitative estimate of drug-likeness (QED) is 0.693. The van der Waals surface area contributed by atoms with Crippen LogP contribution in [0, 0.1) is 5.92 Å². The molecular weight excluding hydrogens is 294 g/mol. The van der Waals surface area contributed by atoms with Gasteiger partial charge in [0.2, 0.25) is 9.70 Å². The molecule has 1 saturated heterocycles. The first-order chi connectivity index (χ1) is 6.82. The van der Waals surface area contributed by atoms with Crippen LogP contribution >= 0.6 is 47.2 Å². The highest BCUT2D eigenvalue weighted by atomic mass is 35.6. The Bertz CT molecular complexity index is 236.